The molecule has 2 saturated heterocycles. The molecule has 0 aliphatic carbocycles. The number of ether oxygens (including phenoxy) is 6. The molecule has 2 aliphatic rings. The van der Waals surface area contributed by atoms with E-state index in [2.05, 4.69) is 0 Å². The van der Waals surface area contributed by atoms with Gasteiger partial charge in [0.1, 0.15) is 19.3 Å². The molecule has 0 aromatic rings. The van der Waals surface area contributed by atoms with Crippen LogP contribution in [0.25, 0.3) is 0 Å². The SMILES string of the molecule is CC(C)(C)C(=O)OC[C@H]1O[C@@H]2OCC(=O)O[C@@H]2[C@@H](OC(=O)C(C)(C)C)[C@@H]1OC(=O)C(C)(C)C. The summed E-state index contributed by atoms with van der Waals surface area (Å²) in [5.41, 5.74) is -2.55. The van der Waals surface area contributed by atoms with Gasteiger partial charge in [-0.3, -0.25) is 14.4 Å². The lowest BCUT2D eigenvalue weighted by Crippen LogP contribution is -2.65. The quantitative estimate of drug-likeness (QED) is 0.444. The molecule has 0 aromatic heterocycles. The van der Waals surface area contributed by atoms with Gasteiger partial charge in [-0.1, -0.05) is 0 Å². The van der Waals surface area contributed by atoms with Crippen LogP contribution < -0.4 is 0 Å². The standard InChI is InChI=1S/C23H36O10/c1-21(2,3)18(25)29-10-12-14(32-19(26)22(4,5)6)15(33-20(27)23(7,8)9)16-17(30-12)28-11-13(24)31-16/h12,14-17H,10-11H2,1-9H3/t12-,14-,15+,16-,17+/m1/s1. The maximum Gasteiger partial charge on any atom is 0.332 e. The van der Waals surface area contributed by atoms with Gasteiger partial charge in [-0.25, -0.2) is 4.79 Å². The van der Waals surface area contributed by atoms with Gasteiger partial charge in [0.05, 0.1) is 16.2 Å². The second-order valence-corrected chi connectivity index (χ2v) is 11.4. The third kappa shape index (κ3) is 6.89. The zero-order chi connectivity index (χ0) is 25.4. The van der Waals surface area contributed by atoms with E-state index in [-0.39, 0.29) is 13.2 Å². The highest BCUT2D eigenvalue weighted by molar-refractivity contribution is 5.77. The van der Waals surface area contributed by atoms with E-state index in [0.717, 1.165) is 0 Å². The molecule has 10 heteroatoms. The summed E-state index contributed by atoms with van der Waals surface area (Å²) in [5, 5.41) is 0. The van der Waals surface area contributed by atoms with Crippen LogP contribution in [0.15, 0.2) is 0 Å². The topological polar surface area (TPSA) is 124 Å². The van der Waals surface area contributed by atoms with E-state index in [4.69, 9.17) is 28.4 Å². The van der Waals surface area contributed by atoms with E-state index in [1.54, 1.807) is 62.3 Å². The van der Waals surface area contributed by atoms with Crippen LogP contribution in [0.5, 0.6) is 0 Å². The number of fused-ring (bicyclic) bond motifs is 1. The predicted octanol–water partition coefficient (Wildman–Crippen LogP) is 2.16. The van der Waals surface area contributed by atoms with Gasteiger partial charge in [-0.05, 0) is 62.3 Å². The van der Waals surface area contributed by atoms with E-state index < -0.39 is 70.8 Å². The predicted molar refractivity (Wildman–Crippen MR) is 114 cm³/mol. The van der Waals surface area contributed by atoms with Crippen LogP contribution >= 0.6 is 0 Å². The molecule has 2 aliphatic heterocycles. The van der Waals surface area contributed by atoms with E-state index in [1.807, 2.05) is 0 Å². The van der Waals surface area contributed by atoms with Crippen molar-refractivity contribution in [3.8, 4) is 0 Å². The molecule has 0 amide bonds. The van der Waals surface area contributed by atoms with Crippen molar-refractivity contribution in [2.24, 2.45) is 16.2 Å². The molecular formula is C23H36O10. The molecule has 0 spiro atoms. The number of rotatable bonds is 4. The fourth-order valence-electron chi connectivity index (χ4n) is 2.86. The third-order valence-corrected chi connectivity index (χ3v) is 4.93. The first-order valence-electron chi connectivity index (χ1n) is 11.0. The maximum absolute atomic E-state index is 12.8. The van der Waals surface area contributed by atoms with Gasteiger partial charge >= 0.3 is 23.9 Å². The number of hydrogen-bond donors (Lipinski definition) is 0. The number of hydrogen-bond acceptors (Lipinski definition) is 10. The monoisotopic (exact) mass is 472 g/mol. The summed E-state index contributed by atoms with van der Waals surface area (Å²) in [6, 6.07) is 0. The largest absolute Gasteiger partial charge is 0.462 e. The van der Waals surface area contributed by atoms with Crippen LogP contribution in [0.2, 0.25) is 0 Å². The molecule has 0 unspecified atom stereocenters. The van der Waals surface area contributed by atoms with Crippen molar-refractivity contribution < 1.29 is 47.6 Å². The Morgan fingerprint density at radius 2 is 1.30 bits per heavy atom. The van der Waals surface area contributed by atoms with Gasteiger partial charge < -0.3 is 28.4 Å². The summed E-state index contributed by atoms with van der Waals surface area (Å²) in [7, 11) is 0. The van der Waals surface area contributed by atoms with Crippen molar-refractivity contribution in [3.05, 3.63) is 0 Å². The molecule has 0 bridgehead atoms. The molecule has 2 heterocycles. The summed E-state index contributed by atoms with van der Waals surface area (Å²) in [4.78, 5) is 49.8. The van der Waals surface area contributed by atoms with Crippen LogP contribution in [0.3, 0.4) is 0 Å². The van der Waals surface area contributed by atoms with Crippen LogP contribution in [-0.4, -0.2) is 67.8 Å². The van der Waals surface area contributed by atoms with Gasteiger partial charge in [0.2, 0.25) is 0 Å². The van der Waals surface area contributed by atoms with Gasteiger partial charge in [-0.15, -0.1) is 0 Å². The molecule has 2 rings (SSSR count). The second-order valence-electron chi connectivity index (χ2n) is 11.4. The maximum atomic E-state index is 12.8. The minimum atomic E-state index is -1.23. The molecule has 2 fully saturated rings. The Labute approximate surface area is 194 Å². The Balaban J connectivity index is 2.41. The number of carbonyl (C=O) groups is 4. The average molecular weight is 473 g/mol. The molecule has 5 atom stereocenters. The first kappa shape index (κ1) is 27.0. The fraction of sp³-hybridized carbons (Fsp3) is 0.826. The zero-order valence-corrected chi connectivity index (χ0v) is 20.9. The summed E-state index contributed by atoms with van der Waals surface area (Å²) >= 11 is 0. The third-order valence-electron chi connectivity index (χ3n) is 4.93. The van der Waals surface area contributed by atoms with Gasteiger partial charge in [0.25, 0.3) is 0 Å². The minimum Gasteiger partial charge on any atom is -0.462 e. The summed E-state index contributed by atoms with van der Waals surface area (Å²) in [6.07, 6.45) is -5.73. The highest BCUT2D eigenvalue weighted by atomic mass is 16.8. The summed E-state index contributed by atoms with van der Waals surface area (Å²) < 4.78 is 33.5. The molecule has 33 heavy (non-hydrogen) atoms. The summed E-state index contributed by atoms with van der Waals surface area (Å²) in [6.45, 7) is 14.4. The van der Waals surface area contributed by atoms with E-state index in [9.17, 15) is 19.2 Å². The van der Waals surface area contributed by atoms with Crippen molar-refractivity contribution >= 4 is 23.9 Å². The molecule has 0 aromatic carbocycles. The molecule has 0 radical (unpaired) electrons. The highest BCUT2D eigenvalue weighted by Crippen LogP contribution is 2.34. The molecule has 188 valence electrons. The Morgan fingerprint density at radius 3 is 1.79 bits per heavy atom. The molecular weight excluding hydrogens is 436 g/mol. The lowest BCUT2D eigenvalue weighted by molar-refractivity contribution is -0.325. The van der Waals surface area contributed by atoms with Crippen molar-refractivity contribution in [2.45, 2.75) is 93.0 Å². The van der Waals surface area contributed by atoms with Crippen molar-refractivity contribution in [1.29, 1.82) is 0 Å². The van der Waals surface area contributed by atoms with Crippen LogP contribution in [-0.2, 0) is 47.6 Å². The van der Waals surface area contributed by atoms with Crippen LogP contribution in [0.1, 0.15) is 62.3 Å². The van der Waals surface area contributed by atoms with Crippen molar-refractivity contribution in [2.75, 3.05) is 13.2 Å². The Morgan fingerprint density at radius 1 is 0.818 bits per heavy atom. The Kier molecular flexibility index (Phi) is 7.85. The van der Waals surface area contributed by atoms with Crippen molar-refractivity contribution in [3.63, 3.8) is 0 Å². The molecule has 0 saturated carbocycles. The lowest BCUT2D eigenvalue weighted by atomic mass is 9.93. The summed E-state index contributed by atoms with van der Waals surface area (Å²) in [5.74, 6) is -2.36. The zero-order valence-electron chi connectivity index (χ0n) is 20.9. The van der Waals surface area contributed by atoms with Crippen molar-refractivity contribution in [1.82, 2.24) is 0 Å². The first-order chi connectivity index (χ1) is 14.9. The molecule has 0 N–H and O–H groups in total. The number of carbonyl (C=O) groups excluding carboxylic acids is 4. The van der Waals surface area contributed by atoms with Crippen LogP contribution in [0.4, 0.5) is 0 Å². The molecule has 10 nitrogen and oxygen atoms in total. The second kappa shape index (κ2) is 9.58. The van der Waals surface area contributed by atoms with E-state index in [0.29, 0.717) is 0 Å². The van der Waals surface area contributed by atoms with E-state index in [1.165, 1.54) is 0 Å². The Hall–Kier alpha value is -2.20. The smallest absolute Gasteiger partial charge is 0.332 e. The fourth-order valence-corrected chi connectivity index (χ4v) is 2.86. The lowest BCUT2D eigenvalue weighted by Gasteiger charge is -2.46. The van der Waals surface area contributed by atoms with Crippen LogP contribution in [0, 0.1) is 16.2 Å². The van der Waals surface area contributed by atoms with E-state index >= 15 is 0 Å². The van der Waals surface area contributed by atoms with Gasteiger partial charge in [0.15, 0.2) is 24.6 Å². The van der Waals surface area contributed by atoms with Gasteiger partial charge in [0, 0.05) is 0 Å². The highest BCUT2D eigenvalue weighted by Gasteiger charge is 2.55. The normalized spacial score (nSPS) is 28.3. The Bertz CT molecular complexity index is 768. The first-order valence-corrected chi connectivity index (χ1v) is 11.0. The average Bonchev–Trinajstić information content (AvgIpc) is 2.65. The van der Waals surface area contributed by atoms with Gasteiger partial charge in [-0.2, -0.15) is 0 Å². The minimum absolute atomic E-state index is 0.289. The number of esters is 4.